The maximum atomic E-state index is 13.6. The molecule has 0 aromatic heterocycles. The topological polar surface area (TPSA) is 75.4 Å². The van der Waals surface area contributed by atoms with E-state index in [1.54, 1.807) is 13.0 Å². The van der Waals surface area contributed by atoms with Crippen LogP contribution in [0.5, 0.6) is 0 Å². The number of nitrogens with two attached hydrogens (primary N) is 1. The second-order valence-corrected chi connectivity index (χ2v) is 7.73. The molecule has 2 fully saturated rings. The molecule has 2 aliphatic rings. The van der Waals surface area contributed by atoms with Crippen LogP contribution in [-0.2, 0) is 16.1 Å². The van der Waals surface area contributed by atoms with E-state index in [4.69, 9.17) is 5.73 Å². The lowest BCUT2D eigenvalue weighted by Crippen LogP contribution is -2.55. The molecule has 0 radical (unpaired) electrons. The van der Waals surface area contributed by atoms with Crippen LogP contribution in [-0.4, -0.2) is 35.3 Å². The monoisotopic (exact) mass is 397 g/mol. The van der Waals surface area contributed by atoms with Crippen LogP contribution in [0.3, 0.4) is 0 Å². The van der Waals surface area contributed by atoms with Crippen LogP contribution in [0.1, 0.15) is 49.7 Å². The molecule has 5 nitrogen and oxygen atoms in total. The fourth-order valence-electron chi connectivity index (χ4n) is 3.96. The van der Waals surface area contributed by atoms with E-state index in [-0.39, 0.29) is 36.0 Å². The normalized spacial score (nSPS) is 19.4. The molecule has 1 aromatic carbocycles. The van der Waals surface area contributed by atoms with Crippen molar-refractivity contribution in [2.24, 2.45) is 11.7 Å². The predicted molar refractivity (Wildman–Crippen MR) is 105 cm³/mol. The number of hydrogen-bond donors (Lipinski definition) is 2. The number of carbonyl (C=O) groups is 2. The summed E-state index contributed by atoms with van der Waals surface area (Å²) < 4.78 is 13.6. The first-order chi connectivity index (χ1) is 12.4. The van der Waals surface area contributed by atoms with Gasteiger partial charge in [0, 0.05) is 25.6 Å². The number of piperidine rings is 1. The minimum Gasteiger partial charge on any atom is -0.352 e. The minimum absolute atomic E-state index is 0. The van der Waals surface area contributed by atoms with E-state index in [0.29, 0.717) is 38.0 Å². The van der Waals surface area contributed by atoms with E-state index in [0.717, 1.165) is 31.2 Å². The van der Waals surface area contributed by atoms with Gasteiger partial charge < -0.3 is 16.0 Å². The molecule has 2 amide bonds. The third-order valence-electron chi connectivity index (χ3n) is 5.78. The smallest absolute Gasteiger partial charge is 0.242 e. The van der Waals surface area contributed by atoms with Gasteiger partial charge in [0.25, 0.3) is 0 Å². The SMILES string of the molecule is Cc1ccc(CNC(=O)C2CCN(C(=O)C3(N)CCCC3)CC2)cc1F.Cl. The van der Waals surface area contributed by atoms with Gasteiger partial charge in [-0.1, -0.05) is 25.0 Å². The molecule has 0 spiro atoms. The fraction of sp³-hybridized carbons (Fsp3) is 0.600. The van der Waals surface area contributed by atoms with Crippen molar-refractivity contribution in [2.45, 2.75) is 57.5 Å². The second kappa shape index (κ2) is 9.02. The largest absolute Gasteiger partial charge is 0.352 e. The maximum absolute atomic E-state index is 13.6. The zero-order valence-corrected chi connectivity index (χ0v) is 16.6. The molecular formula is C20H29ClFN3O2. The lowest BCUT2D eigenvalue weighted by atomic mass is 9.92. The highest BCUT2D eigenvalue weighted by molar-refractivity contribution is 5.87. The lowest BCUT2D eigenvalue weighted by Gasteiger charge is -2.36. The molecule has 0 bridgehead atoms. The first-order valence-electron chi connectivity index (χ1n) is 9.50. The Morgan fingerprint density at radius 3 is 2.48 bits per heavy atom. The number of halogens is 2. The van der Waals surface area contributed by atoms with Crippen LogP contribution < -0.4 is 11.1 Å². The van der Waals surface area contributed by atoms with E-state index in [2.05, 4.69) is 5.32 Å². The van der Waals surface area contributed by atoms with Gasteiger partial charge in [-0.2, -0.15) is 0 Å². The summed E-state index contributed by atoms with van der Waals surface area (Å²) in [5, 5.41) is 2.89. The molecule has 27 heavy (non-hydrogen) atoms. The molecule has 3 rings (SSSR count). The standard InChI is InChI=1S/C20H28FN3O2.ClH/c1-14-4-5-15(12-17(14)21)13-23-18(25)16-6-10-24(11-7-16)19(26)20(22)8-2-3-9-20;/h4-5,12,16H,2-3,6-11,13,22H2,1H3,(H,23,25);1H. The van der Waals surface area contributed by atoms with Crippen molar-refractivity contribution in [3.8, 4) is 0 Å². The van der Waals surface area contributed by atoms with Crippen molar-refractivity contribution in [3.05, 3.63) is 35.1 Å². The number of hydrogen-bond acceptors (Lipinski definition) is 3. The van der Waals surface area contributed by atoms with Gasteiger partial charge in [-0.25, -0.2) is 4.39 Å². The number of aryl methyl sites for hydroxylation is 1. The van der Waals surface area contributed by atoms with Gasteiger partial charge in [0.2, 0.25) is 11.8 Å². The molecule has 1 aliphatic heterocycles. The van der Waals surface area contributed by atoms with Crippen molar-refractivity contribution < 1.29 is 14.0 Å². The van der Waals surface area contributed by atoms with Gasteiger partial charge in [-0.05, 0) is 49.8 Å². The number of rotatable bonds is 4. The molecule has 1 aliphatic carbocycles. The Labute approximate surface area is 166 Å². The number of benzene rings is 1. The molecule has 150 valence electrons. The molecule has 1 aromatic rings. The zero-order chi connectivity index (χ0) is 18.7. The average molecular weight is 398 g/mol. The van der Waals surface area contributed by atoms with E-state index < -0.39 is 5.54 Å². The Morgan fingerprint density at radius 2 is 1.89 bits per heavy atom. The van der Waals surface area contributed by atoms with Gasteiger partial charge in [-0.15, -0.1) is 12.4 Å². The summed E-state index contributed by atoms with van der Waals surface area (Å²) in [6.45, 7) is 3.19. The molecule has 1 saturated heterocycles. The lowest BCUT2D eigenvalue weighted by molar-refractivity contribution is -0.140. The maximum Gasteiger partial charge on any atom is 0.242 e. The summed E-state index contributed by atoms with van der Waals surface area (Å²) in [7, 11) is 0. The molecule has 1 saturated carbocycles. The van der Waals surface area contributed by atoms with Crippen molar-refractivity contribution in [3.63, 3.8) is 0 Å². The van der Waals surface area contributed by atoms with E-state index >= 15 is 0 Å². The molecular weight excluding hydrogens is 369 g/mol. The van der Waals surface area contributed by atoms with Crippen LogP contribution in [0.2, 0.25) is 0 Å². The summed E-state index contributed by atoms with van der Waals surface area (Å²) in [6.07, 6.45) is 4.85. The Balaban J connectivity index is 0.00000261. The number of carbonyl (C=O) groups excluding carboxylic acids is 2. The highest BCUT2D eigenvalue weighted by Gasteiger charge is 2.41. The summed E-state index contributed by atoms with van der Waals surface area (Å²) in [5.74, 6) is -0.344. The van der Waals surface area contributed by atoms with Gasteiger partial charge in [-0.3, -0.25) is 9.59 Å². The van der Waals surface area contributed by atoms with Gasteiger partial charge >= 0.3 is 0 Å². The van der Waals surface area contributed by atoms with Crippen LogP contribution >= 0.6 is 12.4 Å². The van der Waals surface area contributed by atoms with E-state index in [1.165, 1.54) is 6.07 Å². The van der Waals surface area contributed by atoms with Crippen LogP contribution in [0, 0.1) is 18.7 Å². The highest BCUT2D eigenvalue weighted by atomic mass is 35.5. The number of amides is 2. The van der Waals surface area contributed by atoms with Crippen LogP contribution in [0.15, 0.2) is 18.2 Å². The summed E-state index contributed by atoms with van der Waals surface area (Å²) >= 11 is 0. The van der Waals surface area contributed by atoms with E-state index in [9.17, 15) is 14.0 Å². The summed E-state index contributed by atoms with van der Waals surface area (Å²) in [4.78, 5) is 26.8. The Hall–Kier alpha value is -1.66. The first kappa shape index (κ1) is 21.6. The first-order valence-corrected chi connectivity index (χ1v) is 9.50. The second-order valence-electron chi connectivity index (χ2n) is 7.73. The van der Waals surface area contributed by atoms with E-state index in [1.807, 2.05) is 11.0 Å². The zero-order valence-electron chi connectivity index (χ0n) is 15.8. The van der Waals surface area contributed by atoms with Crippen LogP contribution in [0.25, 0.3) is 0 Å². The van der Waals surface area contributed by atoms with Crippen LogP contribution in [0.4, 0.5) is 4.39 Å². The van der Waals surface area contributed by atoms with Gasteiger partial charge in [0.15, 0.2) is 0 Å². The Morgan fingerprint density at radius 1 is 1.26 bits per heavy atom. The fourth-order valence-corrected chi connectivity index (χ4v) is 3.96. The molecule has 3 N–H and O–H groups in total. The minimum atomic E-state index is -0.690. The van der Waals surface area contributed by atoms with Crippen molar-refractivity contribution in [2.75, 3.05) is 13.1 Å². The Kier molecular flexibility index (Phi) is 7.23. The Bertz CT molecular complexity index is 684. The number of nitrogens with zero attached hydrogens (tertiary/aromatic N) is 1. The molecule has 0 unspecified atom stereocenters. The predicted octanol–water partition coefficient (Wildman–Crippen LogP) is 2.68. The van der Waals surface area contributed by atoms with Gasteiger partial charge in [0.05, 0.1) is 5.54 Å². The third kappa shape index (κ3) is 4.99. The number of likely N-dealkylation sites (tertiary alicyclic amines) is 1. The average Bonchev–Trinajstić information content (AvgIpc) is 3.10. The molecule has 0 atom stereocenters. The van der Waals surface area contributed by atoms with Crippen molar-refractivity contribution in [1.29, 1.82) is 0 Å². The van der Waals surface area contributed by atoms with Crippen molar-refractivity contribution >= 4 is 24.2 Å². The summed E-state index contributed by atoms with van der Waals surface area (Å²) in [6, 6.07) is 4.99. The summed E-state index contributed by atoms with van der Waals surface area (Å²) in [5.41, 5.74) is 6.92. The molecule has 1 heterocycles. The van der Waals surface area contributed by atoms with Crippen molar-refractivity contribution in [1.82, 2.24) is 10.2 Å². The van der Waals surface area contributed by atoms with Gasteiger partial charge in [0.1, 0.15) is 5.82 Å². The quantitative estimate of drug-likeness (QED) is 0.820. The molecule has 7 heteroatoms. The third-order valence-corrected chi connectivity index (χ3v) is 5.78. The highest BCUT2D eigenvalue weighted by Crippen LogP contribution is 2.30. The number of nitrogens with one attached hydrogen (secondary N) is 1.